The average molecular weight is 359 g/mol. The van der Waals surface area contributed by atoms with Gasteiger partial charge in [-0.05, 0) is 31.9 Å². The zero-order chi connectivity index (χ0) is 17.1. The van der Waals surface area contributed by atoms with Crippen LogP contribution in [0.3, 0.4) is 0 Å². The van der Waals surface area contributed by atoms with Gasteiger partial charge in [0.1, 0.15) is 0 Å². The fourth-order valence-corrected chi connectivity index (χ4v) is 4.56. The Kier molecular flexibility index (Phi) is 5.12. The first-order chi connectivity index (χ1) is 12.2. The molecule has 5 nitrogen and oxygen atoms in total. The SMILES string of the molecule is Cc1ncsc1CN1CCC2(CC1)C[C@@H](OCc1ccccn1)CO2. The molecule has 25 heavy (non-hydrogen) atoms. The van der Waals surface area contributed by atoms with Crippen molar-refractivity contribution in [2.24, 2.45) is 0 Å². The first kappa shape index (κ1) is 17.1. The number of hydrogen-bond acceptors (Lipinski definition) is 6. The lowest BCUT2D eigenvalue weighted by Gasteiger charge is -2.38. The van der Waals surface area contributed by atoms with Gasteiger partial charge in [-0.1, -0.05) is 6.07 Å². The number of piperidine rings is 1. The number of hydrogen-bond donors (Lipinski definition) is 0. The van der Waals surface area contributed by atoms with E-state index in [1.165, 1.54) is 10.6 Å². The van der Waals surface area contributed by atoms with Gasteiger partial charge in [0.2, 0.25) is 0 Å². The van der Waals surface area contributed by atoms with E-state index in [1.807, 2.05) is 29.9 Å². The van der Waals surface area contributed by atoms with E-state index >= 15 is 0 Å². The Hall–Kier alpha value is -1.34. The number of rotatable bonds is 5. The molecule has 0 amide bonds. The van der Waals surface area contributed by atoms with Gasteiger partial charge >= 0.3 is 0 Å². The summed E-state index contributed by atoms with van der Waals surface area (Å²) in [5.41, 5.74) is 4.12. The van der Waals surface area contributed by atoms with E-state index in [1.54, 1.807) is 11.3 Å². The molecule has 134 valence electrons. The van der Waals surface area contributed by atoms with Gasteiger partial charge < -0.3 is 9.47 Å². The van der Waals surface area contributed by atoms with Gasteiger partial charge in [-0.2, -0.15) is 0 Å². The number of pyridine rings is 1. The lowest BCUT2D eigenvalue weighted by atomic mass is 9.88. The summed E-state index contributed by atoms with van der Waals surface area (Å²) in [7, 11) is 0. The fourth-order valence-electron chi connectivity index (χ4n) is 3.74. The van der Waals surface area contributed by atoms with Crippen molar-refractivity contribution in [3.63, 3.8) is 0 Å². The Morgan fingerprint density at radius 1 is 1.32 bits per heavy atom. The summed E-state index contributed by atoms with van der Waals surface area (Å²) in [5.74, 6) is 0. The molecule has 4 rings (SSSR count). The molecule has 0 N–H and O–H groups in total. The molecular weight excluding hydrogens is 334 g/mol. The largest absolute Gasteiger partial charge is 0.372 e. The van der Waals surface area contributed by atoms with Crippen LogP contribution in [0, 0.1) is 6.92 Å². The number of ether oxygens (including phenoxy) is 2. The van der Waals surface area contributed by atoms with Crippen LogP contribution in [-0.2, 0) is 22.6 Å². The molecule has 2 aromatic heterocycles. The molecule has 6 heteroatoms. The first-order valence-corrected chi connectivity index (χ1v) is 9.87. The summed E-state index contributed by atoms with van der Waals surface area (Å²) in [6, 6.07) is 5.93. The Morgan fingerprint density at radius 2 is 2.20 bits per heavy atom. The lowest BCUT2D eigenvalue weighted by molar-refractivity contribution is -0.0467. The van der Waals surface area contributed by atoms with E-state index in [9.17, 15) is 0 Å². The standard InChI is InChI=1S/C19H25N3O2S/c1-15-18(25-14-21-15)11-22-8-5-19(6-9-22)10-17(13-24-19)23-12-16-4-2-3-7-20-16/h2-4,7,14,17H,5-6,8-13H2,1H3/t17-/m1/s1. The molecule has 2 aliphatic rings. The highest BCUT2D eigenvalue weighted by Crippen LogP contribution is 2.37. The van der Waals surface area contributed by atoms with E-state index in [0.717, 1.165) is 44.6 Å². The quantitative estimate of drug-likeness (QED) is 0.820. The van der Waals surface area contributed by atoms with E-state index < -0.39 is 0 Å². The molecular formula is C19H25N3O2S. The average Bonchev–Trinajstić information content (AvgIpc) is 3.23. The number of likely N-dealkylation sites (tertiary alicyclic amines) is 1. The van der Waals surface area contributed by atoms with Crippen LogP contribution in [0.5, 0.6) is 0 Å². The predicted octanol–water partition coefficient (Wildman–Crippen LogP) is 3.19. The highest BCUT2D eigenvalue weighted by molar-refractivity contribution is 7.09. The summed E-state index contributed by atoms with van der Waals surface area (Å²) < 4.78 is 12.2. The minimum atomic E-state index is 0.0219. The lowest BCUT2D eigenvalue weighted by Crippen LogP contribution is -2.43. The predicted molar refractivity (Wildman–Crippen MR) is 97.5 cm³/mol. The molecule has 0 aliphatic carbocycles. The highest BCUT2D eigenvalue weighted by atomic mass is 32.1. The third-order valence-electron chi connectivity index (χ3n) is 5.35. The van der Waals surface area contributed by atoms with Gasteiger partial charge in [-0.3, -0.25) is 9.88 Å². The van der Waals surface area contributed by atoms with E-state index in [4.69, 9.17) is 9.47 Å². The summed E-state index contributed by atoms with van der Waals surface area (Å²) >= 11 is 1.76. The van der Waals surface area contributed by atoms with Gasteiger partial charge in [0.25, 0.3) is 0 Å². The molecule has 1 atom stereocenters. The van der Waals surface area contributed by atoms with Crippen molar-refractivity contribution in [3.05, 3.63) is 46.2 Å². The number of nitrogens with zero attached hydrogens (tertiary/aromatic N) is 3. The fraction of sp³-hybridized carbons (Fsp3) is 0.579. The molecule has 0 saturated carbocycles. The van der Waals surface area contributed by atoms with Crippen LogP contribution >= 0.6 is 11.3 Å². The van der Waals surface area contributed by atoms with Crippen LogP contribution in [0.25, 0.3) is 0 Å². The maximum absolute atomic E-state index is 6.21. The third-order valence-corrected chi connectivity index (χ3v) is 6.27. The summed E-state index contributed by atoms with van der Waals surface area (Å²) in [6.45, 7) is 6.57. The number of aromatic nitrogens is 2. The van der Waals surface area contributed by atoms with Crippen LogP contribution < -0.4 is 0 Å². The van der Waals surface area contributed by atoms with Crippen molar-refractivity contribution in [3.8, 4) is 0 Å². The number of thiazole rings is 1. The minimum absolute atomic E-state index is 0.0219. The highest BCUT2D eigenvalue weighted by Gasteiger charge is 2.43. The second kappa shape index (κ2) is 7.50. The second-order valence-corrected chi connectivity index (χ2v) is 8.03. The zero-order valence-electron chi connectivity index (χ0n) is 14.7. The molecule has 0 aromatic carbocycles. The Labute approximate surface area is 153 Å². The maximum Gasteiger partial charge on any atom is 0.0892 e. The van der Waals surface area contributed by atoms with Crippen LogP contribution in [-0.4, -0.2) is 46.3 Å². The summed E-state index contributed by atoms with van der Waals surface area (Å²) in [5, 5.41) is 0. The van der Waals surface area contributed by atoms with Crippen molar-refractivity contribution in [2.45, 2.75) is 51.0 Å². The van der Waals surface area contributed by atoms with Crippen molar-refractivity contribution in [2.75, 3.05) is 19.7 Å². The molecule has 2 saturated heterocycles. The molecule has 1 spiro atoms. The molecule has 0 unspecified atom stereocenters. The molecule has 2 fully saturated rings. The smallest absolute Gasteiger partial charge is 0.0892 e. The van der Waals surface area contributed by atoms with Gasteiger partial charge in [-0.15, -0.1) is 11.3 Å². The van der Waals surface area contributed by atoms with Crippen molar-refractivity contribution >= 4 is 11.3 Å². The van der Waals surface area contributed by atoms with Crippen molar-refractivity contribution in [1.29, 1.82) is 0 Å². The van der Waals surface area contributed by atoms with E-state index in [-0.39, 0.29) is 11.7 Å². The minimum Gasteiger partial charge on any atom is -0.372 e. The molecule has 0 bridgehead atoms. The topological polar surface area (TPSA) is 47.5 Å². The van der Waals surface area contributed by atoms with Crippen LogP contribution in [0.4, 0.5) is 0 Å². The van der Waals surface area contributed by atoms with Crippen molar-refractivity contribution in [1.82, 2.24) is 14.9 Å². The Balaban J connectivity index is 1.25. The van der Waals surface area contributed by atoms with Gasteiger partial charge in [0, 0.05) is 37.1 Å². The maximum atomic E-state index is 6.21. The third kappa shape index (κ3) is 4.08. The molecule has 2 aromatic rings. The zero-order valence-corrected chi connectivity index (χ0v) is 15.5. The van der Waals surface area contributed by atoms with Crippen molar-refractivity contribution < 1.29 is 9.47 Å². The molecule has 0 radical (unpaired) electrons. The van der Waals surface area contributed by atoms with Gasteiger partial charge in [-0.25, -0.2) is 4.98 Å². The number of aryl methyl sites for hydroxylation is 1. The van der Waals surface area contributed by atoms with Gasteiger partial charge in [0.05, 0.1) is 41.8 Å². The Bertz CT molecular complexity index is 683. The van der Waals surface area contributed by atoms with E-state index in [2.05, 4.69) is 21.8 Å². The van der Waals surface area contributed by atoms with Crippen LogP contribution in [0.2, 0.25) is 0 Å². The monoisotopic (exact) mass is 359 g/mol. The first-order valence-electron chi connectivity index (χ1n) is 8.99. The van der Waals surface area contributed by atoms with E-state index in [0.29, 0.717) is 13.2 Å². The summed E-state index contributed by atoms with van der Waals surface area (Å²) in [6.07, 6.45) is 5.19. The second-order valence-electron chi connectivity index (χ2n) is 7.09. The molecule has 2 aliphatic heterocycles. The molecule has 4 heterocycles. The van der Waals surface area contributed by atoms with Crippen LogP contribution in [0.1, 0.15) is 35.5 Å². The summed E-state index contributed by atoms with van der Waals surface area (Å²) in [4.78, 5) is 12.6. The van der Waals surface area contributed by atoms with Gasteiger partial charge in [0.15, 0.2) is 0 Å². The Morgan fingerprint density at radius 3 is 2.92 bits per heavy atom. The normalized spacial score (nSPS) is 23.3. The van der Waals surface area contributed by atoms with Crippen LogP contribution in [0.15, 0.2) is 29.9 Å².